The molecular formula is C12H11BrClNOS. The Morgan fingerprint density at radius 3 is 2.82 bits per heavy atom. The van der Waals surface area contributed by atoms with Crippen LogP contribution in [-0.2, 0) is 6.54 Å². The molecule has 0 aliphatic carbocycles. The van der Waals surface area contributed by atoms with Crippen molar-refractivity contribution in [2.75, 3.05) is 12.4 Å². The van der Waals surface area contributed by atoms with Crippen LogP contribution in [0.1, 0.15) is 4.88 Å². The second kappa shape index (κ2) is 5.76. The summed E-state index contributed by atoms with van der Waals surface area (Å²) in [5, 5.41) is 6.05. The summed E-state index contributed by atoms with van der Waals surface area (Å²) in [4.78, 5) is 1.20. The molecule has 90 valence electrons. The van der Waals surface area contributed by atoms with E-state index in [9.17, 15) is 0 Å². The molecule has 0 bridgehead atoms. The normalized spacial score (nSPS) is 10.3. The highest BCUT2D eigenvalue weighted by atomic mass is 79.9. The van der Waals surface area contributed by atoms with Gasteiger partial charge in [-0.3, -0.25) is 0 Å². The number of thiophene rings is 1. The minimum atomic E-state index is 0.761. The van der Waals surface area contributed by atoms with Crippen LogP contribution in [-0.4, -0.2) is 7.11 Å². The van der Waals surface area contributed by atoms with Crippen LogP contribution < -0.4 is 10.1 Å². The molecule has 0 saturated heterocycles. The zero-order valence-corrected chi connectivity index (χ0v) is 12.3. The van der Waals surface area contributed by atoms with Crippen molar-refractivity contribution in [2.45, 2.75) is 6.54 Å². The van der Waals surface area contributed by atoms with Crippen LogP contribution in [0.4, 0.5) is 5.69 Å². The lowest BCUT2D eigenvalue weighted by atomic mass is 10.3. The van der Waals surface area contributed by atoms with Crippen molar-refractivity contribution in [1.29, 1.82) is 0 Å². The molecule has 1 heterocycles. The third-order valence-corrected chi connectivity index (χ3v) is 3.94. The summed E-state index contributed by atoms with van der Waals surface area (Å²) in [7, 11) is 1.66. The van der Waals surface area contributed by atoms with E-state index < -0.39 is 0 Å². The van der Waals surface area contributed by atoms with Gasteiger partial charge in [-0.2, -0.15) is 0 Å². The third-order valence-electron chi connectivity index (χ3n) is 2.20. The standard InChI is InChI=1S/C12H11BrClNOS/c1-16-11-3-8(13)2-10(5-11)15-6-12-4-9(14)7-17-12/h2-5,7,15H,6H2,1H3. The van der Waals surface area contributed by atoms with Gasteiger partial charge in [-0.1, -0.05) is 27.5 Å². The summed E-state index contributed by atoms with van der Waals surface area (Å²) in [5.74, 6) is 0.825. The molecule has 0 unspecified atom stereocenters. The zero-order chi connectivity index (χ0) is 12.3. The predicted octanol–water partition coefficient (Wildman–Crippen LogP) is 4.78. The van der Waals surface area contributed by atoms with Crippen LogP contribution in [0.2, 0.25) is 5.02 Å². The van der Waals surface area contributed by atoms with Gasteiger partial charge in [0.05, 0.1) is 12.1 Å². The SMILES string of the molecule is COc1cc(Br)cc(NCc2cc(Cl)cs2)c1. The first-order chi connectivity index (χ1) is 8.17. The molecule has 1 aromatic heterocycles. The summed E-state index contributed by atoms with van der Waals surface area (Å²) in [6.07, 6.45) is 0. The molecule has 17 heavy (non-hydrogen) atoms. The van der Waals surface area contributed by atoms with Gasteiger partial charge in [0.1, 0.15) is 5.75 Å². The first-order valence-electron chi connectivity index (χ1n) is 4.99. The van der Waals surface area contributed by atoms with Gasteiger partial charge in [0, 0.05) is 33.0 Å². The number of ether oxygens (including phenoxy) is 1. The van der Waals surface area contributed by atoms with Gasteiger partial charge in [0.25, 0.3) is 0 Å². The van der Waals surface area contributed by atoms with Crippen molar-refractivity contribution in [3.8, 4) is 5.75 Å². The molecule has 0 aliphatic heterocycles. The third kappa shape index (κ3) is 3.63. The fourth-order valence-corrected chi connectivity index (χ4v) is 2.90. The first-order valence-corrected chi connectivity index (χ1v) is 7.04. The Kier molecular flexibility index (Phi) is 4.31. The summed E-state index contributed by atoms with van der Waals surface area (Å²) >= 11 is 11.0. The second-order valence-corrected chi connectivity index (χ2v) is 5.81. The number of rotatable bonds is 4. The molecule has 2 aromatic rings. The number of halogens is 2. The largest absolute Gasteiger partial charge is 0.497 e. The lowest BCUT2D eigenvalue weighted by Crippen LogP contribution is -1.97. The second-order valence-electron chi connectivity index (χ2n) is 3.46. The Balaban J connectivity index is 2.05. The van der Waals surface area contributed by atoms with Crippen molar-refractivity contribution in [2.24, 2.45) is 0 Å². The summed E-state index contributed by atoms with van der Waals surface area (Å²) in [5.41, 5.74) is 1.01. The number of hydrogen-bond acceptors (Lipinski definition) is 3. The van der Waals surface area contributed by atoms with Crippen LogP contribution in [0.25, 0.3) is 0 Å². The smallest absolute Gasteiger partial charge is 0.122 e. The van der Waals surface area contributed by atoms with E-state index in [4.69, 9.17) is 16.3 Å². The average Bonchev–Trinajstić information content (AvgIpc) is 2.72. The summed E-state index contributed by atoms with van der Waals surface area (Å²) in [6, 6.07) is 7.86. The molecule has 5 heteroatoms. The lowest BCUT2D eigenvalue weighted by Gasteiger charge is -2.08. The highest BCUT2D eigenvalue weighted by molar-refractivity contribution is 9.10. The Labute approximate surface area is 118 Å². The van der Waals surface area contributed by atoms with E-state index in [0.29, 0.717) is 0 Å². The quantitative estimate of drug-likeness (QED) is 0.869. The van der Waals surface area contributed by atoms with Crippen LogP contribution in [0, 0.1) is 0 Å². The molecule has 0 saturated carbocycles. The van der Waals surface area contributed by atoms with Gasteiger partial charge in [-0.15, -0.1) is 11.3 Å². The number of methoxy groups -OCH3 is 1. The van der Waals surface area contributed by atoms with E-state index in [0.717, 1.165) is 27.5 Å². The van der Waals surface area contributed by atoms with E-state index in [1.807, 2.05) is 29.6 Å². The first kappa shape index (κ1) is 12.7. The number of benzene rings is 1. The van der Waals surface area contributed by atoms with Gasteiger partial charge >= 0.3 is 0 Å². The Morgan fingerprint density at radius 1 is 1.35 bits per heavy atom. The maximum Gasteiger partial charge on any atom is 0.122 e. The van der Waals surface area contributed by atoms with Crippen LogP contribution in [0.5, 0.6) is 5.75 Å². The summed E-state index contributed by atoms with van der Waals surface area (Å²) in [6.45, 7) is 0.761. The predicted molar refractivity (Wildman–Crippen MR) is 77.3 cm³/mol. The monoisotopic (exact) mass is 331 g/mol. The minimum absolute atomic E-state index is 0.761. The van der Waals surface area contributed by atoms with E-state index in [-0.39, 0.29) is 0 Å². The fraction of sp³-hybridized carbons (Fsp3) is 0.167. The fourth-order valence-electron chi connectivity index (χ4n) is 1.42. The molecular weight excluding hydrogens is 322 g/mol. The van der Waals surface area contributed by atoms with Crippen LogP contribution in [0.3, 0.4) is 0 Å². The van der Waals surface area contributed by atoms with E-state index in [2.05, 4.69) is 21.2 Å². The van der Waals surface area contributed by atoms with E-state index in [1.54, 1.807) is 18.4 Å². The number of nitrogens with one attached hydrogen (secondary N) is 1. The topological polar surface area (TPSA) is 21.3 Å². The zero-order valence-electron chi connectivity index (χ0n) is 9.17. The van der Waals surface area contributed by atoms with Gasteiger partial charge in [0.2, 0.25) is 0 Å². The molecule has 0 radical (unpaired) electrons. The van der Waals surface area contributed by atoms with Crippen molar-refractivity contribution >= 4 is 44.6 Å². The van der Waals surface area contributed by atoms with Crippen molar-refractivity contribution in [3.63, 3.8) is 0 Å². The molecule has 2 rings (SSSR count). The Bertz CT molecular complexity index is 515. The highest BCUT2D eigenvalue weighted by Gasteiger charge is 2.01. The van der Waals surface area contributed by atoms with E-state index in [1.165, 1.54) is 4.88 Å². The Morgan fingerprint density at radius 2 is 2.18 bits per heavy atom. The van der Waals surface area contributed by atoms with Gasteiger partial charge in [-0.05, 0) is 18.2 Å². The average molecular weight is 333 g/mol. The van der Waals surface area contributed by atoms with Gasteiger partial charge < -0.3 is 10.1 Å². The van der Waals surface area contributed by atoms with E-state index >= 15 is 0 Å². The molecule has 0 atom stereocenters. The van der Waals surface area contributed by atoms with Crippen LogP contribution >= 0.6 is 38.9 Å². The highest BCUT2D eigenvalue weighted by Crippen LogP contribution is 2.26. The van der Waals surface area contributed by atoms with Crippen molar-refractivity contribution < 1.29 is 4.74 Å². The maximum atomic E-state index is 5.87. The molecule has 0 aliphatic rings. The summed E-state index contributed by atoms with van der Waals surface area (Å²) < 4.78 is 6.19. The van der Waals surface area contributed by atoms with Gasteiger partial charge in [-0.25, -0.2) is 0 Å². The molecule has 0 amide bonds. The Hall–Kier alpha value is -0.710. The molecule has 0 spiro atoms. The number of anilines is 1. The molecule has 0 fully saturated rings. The minimum Gasteiger partial charge on any atom is -0.497 e. The molecule has 2 nitrogen and oxygen atoms in total. The van der Waals surface area contributed by atoms with Crippen molar-refractivity contribution in [1.82, 2.24) is 0 Å². The van der Waals surface area contributed by atoms with Gasteiger partial charge in [0.15, 0.2) is 0 Å². The lowest BCUT2D eigenvalue weighted by molar-refractivity contribution is 0.414. The maximum absolute atomic E-state index is 5.87. The van der Waals surface area contributed by atoms with Crippen molar-refractivity contribution in [3.05, 3.63) is 44.0 Å². The number of hydrogen-bond donors (Lipinski definition) is 1. The molecule has 1 aromatic carbocycles. The van der Waals surface area contributed by atoms with Crippen LogP contribution in [0.15, 0.2) is 34.1 Å². The molecule has 1 N–H and O–H groups in total.